The molecule has 0 spiro atoms. The molecular weight excluding hydrogens is 425 g/mol. The van der Waals surface area contributed by atoms with Gasteiger partial charge >= 0.3 is 6.18 Å². The summed E-state index contributed by atoms with van der Waals surface area (Å²) in [6, 6.07) is 11.9. The van der Waals surface area contributed by atoms with E-state index in [0.717, 1.165) is 31.7 Å². The third kappa shape index (κ3) is 4.82. The number of piperidine rings is 1. The summed E-state index contributed by atoms with van der Waals surface area (Å²) in [6.07, 6.45) is -0.886. The zero-order valence-corrected chi connectivity index (χ0v) is 17.7. The van der Waals surface area contributed by atoms with Gasteiger partial charge in [0.1, 0.15) is 23.7 Å². The van der Waals surface area contributed by atoms with Crippen molar-refractivity contribution in [3.8, 4) is 11.5 Å². The molecule has 2 saturated heterocycles. The predicted octanol–water partition coefficient (Wildman–Crippen LogP) is 5.46. The minimum atomic E-state index is -4.45. The second kappa shape index (κ2) is 8.61. The number of para-hydroxylation sites is 1. The highest BCUT2D eigenvalue weighted by Gasteiger charge is 2.47. The van der Waals surface area contributed by atoms with Crippen LogP contribution >= 0.6 is 0 Å². The van der Waals surface area contributed by atoms with Crippen LogP contribution in [0.3, 0.4) is 0 Å². The maximum Gasteiger partial charge on any atom is 0.419 e. The number of hydrogen-bond acceptors (Lipinski definition) is 5. The van der Waals surface area contributed by atoms with E-state index < -0.39 is 22.3 Å². The smallest absolute Gasteiger partial charge is 0.419 e. The number of non-ortho nitro benzene ring substituents is 1. The molecule has 0 amide bonds. The Bertz CT molecular complexity index is 950. The van der Waals surface area contributed by atoms with Crippen molar-refractivity contribution in [1.29, 1.82) is 0 Å². The average molecular weight is 450 g/mol. The summed E-state index contributed by atoms with van der Waals surface area (Å²) in [6.45, 7) is 2.78. The lowest BCUT2D eigenvalue weighted by atomic mass is 9.87. The van der Waals surface area contributed by atoms with E-state index in [4.69, 9.17) is 9.47 Å². The third-order valence-electron chi connectivity index (χ3n) is 6.32. The molecule has 0 N–H and O–H groups in total. The molecule has 2 heterocycles. The Morgan fingerprint density at radius 1 is 1.09 bits per heavy atom. The SMILES string of the molecule is CC1(Oc2ccc([N+](=O)[O-])cc2)CC2CCC(C1)N2CCOc1ccccc1C(F)(F)F. The Morgan fingerprint density at radius 2 is 1.72 bits per heavy atom. The molecule has 2 unspecified atom stereocenters. The summed E-state index contributed by atoms with van der Waals surface area (Å²) >= 11 is 0. The number of rotatable bonds is 7. The van der Waals surface area contributed by atoms with Crippen LogP contribution in [0.2, 0.25) is 0 Å². The van der Waals surface area contributed by atoms with E-state index in [0.29, 0.717) is 12.3 Å². The van der Waals surface area contributed by atoms with Crippen LogP contribution in [0.15, 0.2) is 48.5 Å². The highest BCUT2D eigenvalue weighted by Crippen LogP contribution is 2.43. The lowest BCUT2D eigenvalue weighted by molar-refractivity contribution is -0.384. The molecule has 2 aliphatic rings. The van der Waals surface area contributed by atoms with Gasteiger partial charge in [-0.3, -0.25) is 15.0 Å². The first kappa shape index (κ1) is 22.4. The van der Waals surface area contributed by atoms with Gasteiger partial charge in [-0.05, 0) is 44.0 Å². The molecule has 0 aromatic heterocycles. The van der Waals surface area contributed by atoms with Gasteiger partial charge in [-0.1, -0.05) is 12.1 Å². The number of nitrogens with zero attached hydrogens (tertiary/aromatic N) is 2. The maximum atomic E-state index is 13.2. The molecule has 2 aromatic rings. The molecule has 32 heavy (non-hydrogen) atoms. The van der Waals surface area contributed by atoms with Crippen LogP contribution in [0, 0.1) is 10.1 Å². The lowest BCUT2D eigenvalue weighted by Crippen LogP contribution is -2.53. The van der Waals surface area contributed by atoms with E-state index in [1.165, 1.54) is 30.3 Å². The Labute approximate surface area is 184 Å². The Hall–Kier alpha value is -2.81. The second-order valence-electron chi connectivity index (χ2n) is 8.68. The summed E-state index contributed by atoms with van der Waals surface area (Å²) in [5.74, 6) is 0.453. The number of nitro benzene ring substituents is 1. The molecule has 2 atom stereocenters. The van der Waals surface area contributed by atoms with Gasteiger partial charge in [-0.15, -0.1) is 0 Å². The number of benzene rings is 2. The molecule has 6 nitrogen and oxygen atoms in total. The van der Waals surface area contributed by atoms with Gasteiger partial charge in [-0.25, -0.2) is 0 Å². The van der Waals surface area contributed by atoms with Gasteiger partial charge in [0.2, 0.25) is 0 Å². The number of fused-ring (bicyclic) bond motifs is 2. The molecule has 172 valence electrons. The van der Waals surface area contributed by atoms with E-state index in [-0.39, 0.29) is 30.1 Å². The minimum Gasteiger partial charge on any atom is -0.492 e. The zero-order chi connectivity index (χ0) is 22.9. The van der Waals surface area contributed by atoms with Gasteiger partial charge in [-0.2, -0.15) is 13.2 Å². The molecule has 2 aromatic carbocycles. The van der Waals surface area contributed by atoms with E-state index in [1.807, 2.05) is 6.92 Å². The van der Waals surface area contributed by atoms with Gasteiger partial charge in [0.25, 0.3) is 5.69 Å². The van der Waals surface area contributed by atoms with Gasteiger partial charge in [0.15, 0.2) is 0 Å². The van der Waals surface area contributed by atoms with Crippen molar-refractivity contribution in [1.82, 2.24) is 4.90 Å². The largest absolute Gasteiger partial charge is 0.492 e. The summed E-state index contributed by atoms with van der Waals surface area (Å²) in [4.78, 5) is 12.7. The van der Waals surface area contributed by atoms with Crippen molar-refractivity contribution in [2.75, 3.05) is 13.2 Å². The van der Waals surface area contributed by atoms with Crippen LogP contribution in [0.25, 0.3) is 0 Å². The summed E-state index contributed by atoms with van der Waals surface area (Å²) in [7, 11) is 0. The lowest BCUT2D eigenvalue weighted by Gasteiger charge is -2.44. The number of alkyl halides is 3. The average Bonchev–Trinajstić information content (AvgIpc) is 2.98. The fourth-order valence-corrected chi connectivity index (χ4v) is 4.99. The monoisotopic (exact) mass is 450 g/mol. The number of hydrogen-bond donors (Lipinski definition) is 0. The topological polar surface area (TPSA) is 64.8 Å². The molecule has 2 fully saturated rings. The van der Waals surface area contributed by atoms with Crippen LogP contribution in [-0.4, -0.2) is 40.7 Å². The summed E-state index contributed by atoms with van der Waals surface area (Å²) in [5.41, 5.74) is -1.14. The fraction of sp³-hybridized carbons (Fsp3) is 0.478. The van der Waals surface area contributed by atoms with Gasteiger partial charge in [0.05, 0.1) is 10.5 Å². The fourth-order valence-electron chi connectivity index (χ4n) is 4.99. The van der Waals surface area contributed by atoms with E-state index in [9.17, 15) is 23.3 Å². The Morgan fingerprint density at radius 3 is 2.31 bits per heavy atom. The molecule has 0 radical (unpaired) electrons. The number of halogens is 3. The number of ether oxygens (including phenoxy) is 2. The zero-order valence-electron chi connectivity index (χ0n) is 17.7. The number of nitro groups is 1. The Kier molecular flexibility index (Phi) is 6.03. The van der Waals surface area contributed by atoms with Crippen LogP contribution in [0.5, 0.6) is 11.5 Å². The van der Waals surface area contributed by atoms with Crippen LogP contribution < -0.4 is 9.47 Å². The van der Waals surface area contributed by atoms with Gasteiger partial charge < -0.3 is 9.47 Å². The van der Waals surface area contributed by atoms with Crippen molar-refractivity contribution in [2.45, 2.75) is 56.5 Å². The first-order valence-electron chi connectivity index (χ1n) is 10.6. The summed E-state index contributed by atoms with van der Waals surface area (Å²) < 4.78 is 51.2. The molecule has 0 aliphatic carbocycles. The predicted molar refractivity (Wildman–Crippen MR) is 112 cm³/mol. The third-order valence-corrected chi connectivity index (χ3v) is 6.32. The molecule has 4 rings (SSSR count). The highest BCUT2D eigenvalue weighted by molar-refractivity contribution is 5.37. The minimum absolute atomic E-state index is 0.0180. The summed E-state index contributed by atoms with van der Waals surface area (Å²) in [5, 5.41) is 10.8. The van der Waals surface area contributed by atoms with Crippen LogP contribution in [0.1, 0.15) is 38.2 Å². The first-order valence-corrected chi connectivity index (χ1v) is 10.6. The second-order valence-corrected chi connectivity index (χ2v) is 8.68. The first-order chi connectivity index (χ1) is 15.1. The van der Waals surface area contributed by atoms with E-state index in [2.05, 4.69) is 4.90 Å². The van der Waals surface area contributed by atoms with Crippen molar-refractivity contribution < 1.29 is 27.6 Å². The van der Waals surface area contributed by atoms with Crippen molar-refractivity contribution in [3.63, 3.8) is 0 Å². The molecule has 0 saturated carbocycles. The van der Waals surface area contributed by atoms with Crippen molar-refractivity contribution in [2.24, 2.45) is 0 Å². The van der Waals surface area contributed by atoms with E-state index in [1.54, 1.807) is 12.1 Å². The van der Waals surface area contributed by atoms with Crippen LogP contribution in [0.4, 0.5) is 18.9 Å². The van der Waals surface area contributed by atoms with Crippen molar-refractivity contribution >= 4 is 5.69 Å². The molecule has 2 aliphatic heterocycles. The normalized spacial score (nSPS) is 25.5. The van der Waals surface area contributed by atoms with Gasteiger partial charge in [0, 0.05) is 43.6 Å². The maximum absolute atomic E-state index is 13.2. The Balaban J connectivity index is 1.35. The standard InChI is InChI=1S/C23H25F3N2O4/c1-22(32-19-10-8-16(9-11-19)28(29)30)14-17-6-7-18(15-22)27(17)12-13-31-21-5-3-2-4-20(21)23(24,25)26/h2-5,8-11,17-18H,6-7,12-15H2,1H3. The molecule has 2 bridgehead atoms. The molecular formula is C23H25F3N2O4. The van der Waals surface area contributed by atoms with E-state index >= 15 is 0 Å². The van der Waals surface area contributed by atoms with Crippen LogP contribution in [-0.2, 0) is 6.18 Å². The van der Waals surface area contributed by atoms with Crippen molar-refractivity contribution in [3.05, 3.63) is 64.2 Å². The quantitative estimate of drug-likeness (QED) is 0.414. The molecule has 9 heteroatoms. The highest BCUT2D eigenvalue weighted by atomic mass is 19.4.